The maximum Gasteiger partial charge on any atom is 0.389 e. The van der Waals surface area contributed by atoms with Gasteiger partial charge in [-0.25, -0.2) is 0 Å². The zero-order valence-corrected chi connectivity index (χ0v) is 9.52. The van der Waals surface area contributed by atoms with Crippen molar-refractivity contribution < 1.29 is 13.2 Å². The van der Waals surface area contributed by atoms with Crippen LogP contribution in [0.1, 0.15) is 51.4 Å². The number of hydrogen-bond acceptors (Lipinski definition) is 2. The Balaban J connectivity index is 2.25. The summed E-state index contributed by atoms with van der Waals surface area (Å²) in [4.78, 5) is 0. The summed E-state index contributed by atoms with van der Waals surface area (Å²) >= 11 is 0. The summed E-state index contributed by atoms with van der Waals surface area (Å²) in [6, 6.07) is -0.190. The number of nitrogens with two attached hydrogens (primary N) is 1. The molecule has 0 aromatic heterocycles. The molecule has 1 aliphatic rings. The summed E-state index contributed by atoms with van der Waals surface area (Å²) < 4.78 is 36.2. The Bertz CT molecular complexity index is 188. The van der Waals surface area contributed by atoms with E-state index >= 15 is 0 Å². The first-order valence-electron chi connectivity index (χ1n) is 6.04. The predicted octanol–water partition coefficient (Wildman–Crippen LogP) is 3.13. The van der Waals surface area contributed by atoms with Crippen LogP contribution in [0.4, 0.5) is 13.2 Å². The molecular weight excluding hydrogens is 217 g/mol. The molecule has 96 valence electrons. The van der Waals surface area contributed by atoms with Crippen molar-refractivity contribution in [2.45, 2.75) is 63.6 Å². The fourth-order valence-corrected chi connectivity index (χ4v) is 2.43. The van der Waals surface area contributed by atoms with Gasteiger partial charge in [0.25, 0.3) is 0 Å². The van der Waals surface area contributed by atoms with Gasteiger partial charge in [-0.3, -0.25) is 11.3 Å². The Kier molecular flexibility index (Phi) is 5.55. The van der Waals surface area contributed by atoms with Crippen LogP contribution < -0.4 is 11.3 Å². The highest BCUT2D eigenvalue weighted by Crippen LogP contribution is 2.29. The molecule has 3 N–H and O–H groups in total. The fraction of sp³-hybridized carbons (Fsp3) is 1.00. The molecule has 0 bridgehead atoms. The van der Waals surface area contributed by atoms with Gasteiger partial charge in [-0.2, -0.15) is 13.2 Å². The fourth-order valence-electron chi connectivity index (χ4n) is 2.43. The Morgan fingerprint density at radius 2 is 1.81 bits per heavy atom. The second-order valence-electron chi connectivity index (χ2n) is 4.76. The van der Waals surface area contributed by atoms with Crippen LogP contribution in [0.15, 0.2) is 0 Å². The molecular formula is C11H21F3N2. The van der Waals surface area contributed by atoms with Crippen LogP contribution in [-0.4, -0.2) is 12.2 Å². The van der Waals surface area contributed by atoms with Gasteiger partial charge in [0.05, 0.1) is 0 Å². The lowest BCUT2D eigenvalue weighted by atomic mass is 9.84. The van der Waals surface area contributed by atoms with Crippen molar-refractivity contribution in [3.05, 3.63) is 0 Å². The molecule has 0 amide bonds. The first-order valence-corrected chi connectivity index (χ1v) is 6.04. The summed E-state index contributed by atoms with van der Waals surface area (Å²) in [5, 5.41) is 0. The minimum Gasteiger partial charge on any atom is -0.271 e. The van der Waals surface area contributed by atoms with Crippen molar-refractivity contribution in [2.24, 2.45) is 11.8 Å². The Hall–Kier alpha value is -0.290. The highest BCUT2D eigenvalue weighted by Gasteiger charge is 2.29. The Morgan fingerprint density at radius 3 is 2.31 bits per heavy atom. The third-order valence-corrected chi connectivity index (χ3v) is 3.35. The summed E-state index contributed by atoms with van der Waals surface area (Å²) in [5.41, 5.74) is 2.52. The van der Waals surface area contributed by atoms with Crippen LogP contribution in [0.25, 0.3) is 0 Å². The van der Waals surface area contributed by atoms with Gasteiger partial charge < -0.3 is 0 Å². The van der Waals surface area contributed by atoms with Crippen molar-refractivity contribution >= 4 is 0 Å². The van der Waals surface area contributed by atoms with Crippen molar-refractivity contribution in [1.29, 1.82) is 0 Å². The van der Waals surface area contributed by atoms with Crippen LogP contribution in [0.2, 0.25) is 0 Å². The summed E-state index contributed by atoms with van der Waals surface area (Å²) in [6.07, 6.45) is 2.04. The normalized spacial score (nSPS) is 21.0. The van der Waals surface area contributed by atoms with E-state index in [1.54, 1.807) is 0 Å². The molecule has 0 saturated heterocycles. The number of hydrazine groups is 1. The van der Waals surface area contributed by atoms with Crippen molar-refractivity contribution in [2.75, 3.05) is 0 Å². The van der Waals surface area contributed by atoms with Gasteiger partial charge in [-0.1, -0.05) is 32.1 Å². The minimum atomic E-state index is -4.07. The van der Waals surface area contributed by atoms with E-state index in [0.29, 0.717) is 5.92 Å². The number of nitrogens with one attached hydrogen (secondary N) is 1. The average molecular weight is 238 g/mol. The summed E-state index contributed by atoms with van der Waals surface area (Å²) in [5.74, 6) is 5.86. The van der Waals surface area contributed by atoms with E-state index in [1.165, 1.54) is 19.3 Å². The van der Waals surface area contributed by atoms with Crippen molar-refractivity contribution in [1.82, 2.24) is 5.43 Å². The monoisotopic (exact) mass is 238 g/mol. The van der Waals surface area contributed by atoms with E-state index in [2.05, 4.69) is 5.43 Å². The predicted molar refractivity (Wildman–Crippen MR) is 57.6 cm³/mol. The van der Waals surface area contributed by atoms with E-state index in [0.717, 1.165) is 19.3 Å². The van der Waals surface area contributed by atoms with E-state index in [1.807, 2.05) is 0 Å². The zero-order valence-electron chi connectivity index (χ0n) is 9.52. The topological polar surface area (TPSA) is 38.0 Å². The largest absolute Gasteiger partial charge is 0.389 e. The third-order valence-electron chi connectivity index (χ3n) is 3.35. The molecule has 16 heavy (non-hydrogen) atoms. The number of alkyl halides is 3. The highest BCUT2D eigenvalue weighted by molar-refractivity contribution is 4.74. The second-order valence-corrected chi connectivity index (χ2v) is 4.76. The maximum absolute atomic E-state index is 12.1. The van der Waals surface area contributed by atoms with Gasteiger partial charge in [0.15, 0.2) is 0 Å². The molecule has 1 unspecified atom stereocenters. The first kappa shape index (κ1) is 13.8. The SMILES string of the molecule is NNC(CCC(F)(F)F)CC1CCCCC1. The van der Waals surface area contributed by atoms with Gasteiger partial charge in [0.2, 0.25) is 0 Å². The quantitative estimate of drug-likeness (QED) is 0.570. The molecule has 0 heterocycles. The molecule has 0 radical (unpaired) electrons. The lowest BCUT2D eigenvalue weighted by Crippen LogP contribution is -2.37. The second kappa shape index (κ2) is 6.45. The van der Waals surface area contributed by atoms with Crippen LogP contribution >= 0.6 is 0 Å². The lowest BCUT2D eigenvalue weighted by Gasteiger charge is -2.26. The molecule has 1 fully saturated rings. The number of rotatable bonds is 5. The van der Waals surface area contributed by atoms with E-state index < -0.39 is 12.6 Å². The molecule has 1 aliphatic carbocycles. The molecule has 5 heteroatoms. The molecule has 0 spiro atoms. The van der Waals surface area contributed by atoms with E-state index in [4.69, 9.17) is 5.84 Å². The standard InChI is InChI=1S/C11H21F3N2/c12-11(13,14)7-6-10(16-15)8-9-4-2-1-3-5-9/h9-10,16H,1-8,15H2. The van der Waals surface area contributed by atoms with Gasteiger partial charge in [-0.15, -0.1) is 0 Å². The first-order chi connectivity index (χ1) is 7.51. The maximum atomic E-state index is 12.1. The smallest absolute Gasteiger partial charge is 0.271 e. The molecule has 0 aliphatic heterocycles. The van der Waals surface area contributed by atoms with Crippen LogP contribution in [-0.2, 0) is 0 Å². The summed E-state index contributed by atoms with van der Waals surface area (Å²) in [6.45, 7) is 0. The van der Waals surface area contributed by atoms with Gasteiger partial charge >= 0.3 is 6.18 Å². The van der Waals surface area contributed by atoms with Gasteiger partial charge in [0.1, 0.15) is 0 Å². The van der Waals surface area contributed by atoms with Crippen molar-refractivity contribution in [3.8, 4) is 0 Å². The average Bonchev–Trinajstić information content (AvgIpc) is 2.24. The van der Waals surface area contributed by atoms with Crippen LogP contribution in [0.3, 0.4) is 0 Å². The van der Waals surface area contributed by atoms with Crippen LogP contribution in [0.5, 0.6) is 0 Å². The lowest BCUT2D eigenvalue weighted by molar-refractivity contribution is -0.136. The minimum absolute atomic E-state index is 0.0938. The molecule has 1 saturated carbocycles. The van der Waals surface area contributed by atoms with E-state index in [9.17, 15) is 13.2 Å². The van der Waals surface area contributed by atoms with Crippen molar-refractivity contribution in [3.63, 3.8) is 0 Å². The molecule has 0 aromatic rings. The third kappa shape index (κ3) is 5.70. The Labute approximate surface area is 94.7 Å². The number of halogens is 3. The van der Waals surface area contributed by atoms with Crippen LogP contribution in [0, 0.1) is 5.92 Å². The zero-order chi connectivity index (χ0) is 12.0. The Morgan fingerprint density at radius 1 is 1.19 bits per heavy atom. The van der Waals surface area contributed by atoms with Gasteiger partial charge in [-0.05, 0) is 18.8 Å². The molecule has 2 nitrogen and oxygen atoms in total. The summed E-state index contributed by atoms with van der Waals surface area (Å²) in [7, 11) is 0. The highest BCUT2D eigenvalue weighted by atomic mass is 19.4. The number of hydrogen-bond donors (Lipinski definition) is 2. The van der Waals surface area contributed by atoms with Gasteiger partial charge in [0, 0.05) is 12.5 Å². The van der Waals surface area contributed by atoms with E-state index in [-0.39, 0.29) is 12.5 Å². The molecule has 1 atom stereocenters. The molecule has 1 rings (SSSR count). The molecule has 0 aromatic carbocycles.